The Balaban J connectivity index is 2.10. The van der Waals surface area contributed by atoms with Gasteiger partial charge in [-0.1, -0.05) is 35.9 Å². The van der Waals surface area contributed by atoms with Crippen LogP contribution < -0.4 is 10.3 Å². The number of aromatic nitrogens is 1. The number of aryl methyl sites for hydroxylation is 2. The van der Waals surface area contributed by atoms with Gasteiger partial charge in [-0.15, -0.1) is 0 Å². The fourth-order valence-corrected chi connectivity index (χ4v) is 2.58. The molecule has 1 heterocycles. The Morgan fingerprint density at radius 2 is 1.83 bits per heavy atom. The van der Waals surface area contributed by atoms with E-state index in [0.29, 0.717) is 27.1 Å². The number of nitrogens with zero attached hydrogens (tertiary/aromatic N) is 1. The van der Waals surface area contributed by atoms with Crippen molar-refractivity contribution >= 4 is 28.3 Å². The van der Waals surface area contributed by atoms with E-state index in [2.05, 4.69) is 0 Å². The first-order chi connectivity index (χ1) is 11.0. The summed E-state index contributed by atoms with van der Waals surface area (Å²) in [5, 5.41) is 1.39. The maximum atomic E-state index is 12.6. The van der Waals surface area contributed by atoms with E-state index in [1.54, 1.807) is 43.4 Å². The highest BCUT2D eigenvalue weighted by Gasteiger charge is 2.17. The zero-order valence-corrected chi connectivity index (χ0v) is 13.4. The van der Waals surface area contributed by atoms with Crippen LogP contribution in [0.4, 0.5) is 0 Å². The maximum absolute atomic E-state index is 12.6. The first kappa shape index (κ1) is 15.3. The minimum atomic E-state index is -0.552. The summed E-state index contributed by atoms with van der Waals surface area (Å²) < 4.78 is 6.80. The van der Waals surface area contributed by atoms with E-state index >= 15 is 0 Å². The molecule has 0 saturated heterocycles. The van der Waals surface area contributed by atoms with Crippen molar-refractivity contribution in [3.63, 3.8) is 0 Å². The molecule has 3 aromatic rings. The predicted octanol–water partition coefficient (Wildman–Crippen LogP) is 3.72. The molecule has 4 nitrogen and oxygen atoms in total. The van der Waals surface area contributed by atoms with Gasteiger partial charge in [0, 0.05) is 24.0 Å². The van der Waals surface area contributed by atoms with Gasteiger partial charge in [0.05, 0.1) is 10.6 Å². The van der Waals surface area contributed by atoms with Crippen molar-refractivity contribution in [3.8, 4) is 5.75 Å². The number of hydrogen-bond donors (Lipinski definition) is 0. The Kier molecular flexibility index (Phi) is 3.92. The number of esters is 1. The molecular weight excluding hydrogens is 314 g/mol. The van der Waals surface area contributed by atoms with E-state index in [4.69, 9.17) is 16.3 Å². The molecule has 0 atom stereocenters. The SMILES string of the molecule is Cc1ccc(Cl)c(OC(=O)c2cn(C)c(=O)c3ccccc23)c1. The number of pyridine rings is 1. The molecule has 0 spiro atoms. The molecule has 0 amide bonds. The van der Waals surface area contributed by atoms with Crippen molar-refractivity contribution in [2.24, 2.45) is 7.05 Å². The van der Waals surface area contributed by atoms with E-state index < -0.39 is 5.97 Å². The van der Waals surface area contributed by atoms with Crippen molar-refractivity contribution in [1.29, 1.82) is 0 Å². The molecule has 0 aliphatic rings. The highest BCUT2D eigenvalue weighted by molar-refractivity contribution is 6.32. The largest absolute Gasteiger partial charge is 0.421 e. The van der Waals surface area contributed by atoms with E-state index in [-0.39, 0.29) is 5.56 Å². The minimum absolute atomic E-state index is 0.161. The lowest BCUT2D eigenvalue weighted by molar-refractivity contribution is 0.0736. The lowest BCUT2D eigenvalue weighted by atomic mass is 10.1. The summed E-state index contributed by atoms with van der Waals surface area (Å²) in [4.78, 5) is 24.7. The maximum Gasteiger partial charge on any atom is 0.345 e. The van der Waals surface area contributed by atoms with Gasteiger partial charge >= 0.3 is 5.97 Å². The van der Waals surface area contributed by atoms with Crippen molar-refractivity contribution < 1.29 is 9.53 Å². The van der Waals surface area contributed by atoms with Gasteiger partial charge in [-0.3, -0.25) is 4.79 Å². The molecule has 0 N–H and O–H groups in total. The number of hydrogen-bond acceptors (Lipinski definition) is 3. The van der Waals surface area contributed by atoms with Crippen molar-refractivity contribution in [3.05, 3.63) is 75.2 Å². The molecular formula is C18H14ClNO3. The Labute approximate surface area is 137 Å². The van der Waals surface area contributed by atoms with Crippen LogP contribution in [0.5, 0.6) is 5.75 Å². The summed E-state index contributed by atoms with van der Waals surface area (Å²) in [5.74, 6) is -0.251. The van der Waals surface area contributed by atoms with Crippen LogP contribution >= 0.6 is 11.6 Å². The Hall–Kier alpha value is -2.59. The van der Waals surface area contributed by atoms with Crippen LogP contribution in [0.25, 0.3) is 10.8 Å². The second kappa shape index (κ2) is 5.89. The third kappa shape index (κ3) is 2.85. The molecule has 5 heteroatoms. The normalized spacial score (nSPS) is 10.7. The topological polar surface area (TPSA) is 48.3 Å². The number of halogens is 1. The van der Waals surface area contributed by atoms with Crippen LogP contribution in [0.1, 0.15) is 15.9 Å². The number of benzene rings is 2. The van der Waals surface area contributed by atoms with Crippen molar-refractivity contribution in [1.82, 2.24) is 4.57 Å². The quantitative estimate of drug-likeness (QED) is 0.532. The average Bonchev–Trinajstić information content (AvgIpc) is 2.54. The summed E-state index contributed by atoms with van der Waals surface area (Å²) in [6.07, 6.45) is 1.48. The number of fused-ring (bicyclic) bond motifs is 1. The molecule has 0 aliphatic carbocycles. The fraction of sp³-hybridized carbons (Fsp3) is 0.111. The van der Waals surface area contributed by atoms with Gasteiger partial charge in [0.2, 0.25) is 0 Å². The van der Waals surface area contributed by atoms with E-state index in [1.807, 2.05) is 13.0 Å². The molecule has 0 unspecified atom stereocenters. The van der Waals surface area contributed by atoms with E-state index in [1.165, 1.54) is 10.8 Å². The predicted molar refractivity (Wildman–Crippen MR) is 90.3 cm³/mol. The summed E-state index contributed by atoms with van der Waals surface area (Å²) in [6, 6.07) is 12.2. The van der Waals surface area contributed by atoms with Gasteiger partial charge in [0.15, 0.2) is 0 Å². The van der Waals surface area contributed by atoms with Gasteiger partial charge < -0.3 is 9.30 Å². The van der Waals surface area contributed by atoms with E-state index in [0.717, 1.165) is 5.56 Å². The second-order valence-corrected chi connectivity index (χ2v) is 5.74. The number of ether oxygens (including phenoxy) is 1. The van der Waals surface area contributed by atoms with Crippen LogP contribution in [0.15, 0.2) is 53.5 Å². The van der Waals surface area contributed by atoms with Crippen LogP contribution in [-0.2, 0) is 7.05 Å². The van der Waals surface area contributed by atoms with Gasteiger partial charge in [0.1, 0.15) is 5.75 Å². The first-order valence-electron chi connectivity index (χ1n) is 7.04. The van der Waals surface area contributed by atoms with Gasteiger partial charge in [-0.05, 0) is 30.7 Å². The molecule has 0 saturated carbocycles. The molecule has 2 aromatic carbocycles. The molecule has 0 radical (unpaired) electrons. The molecule has 116 valence electrons. The third-order valence-corrected chi connectivity index (χ3v) is 3.91. The molecule has 23 heavy (non-hydrogen) atoms. The zero-order chi connectivity index (χ0) is 16.6. The van der Waals surface area contributed by atoms with Crippen molar-refractivity contribution in [2.75, 3.05) is 0 Å². The highest BCUT2D eigenvalue weighted by Crippen LogP contribution is 2.27. The van der Waals surface area contributed by atoms with Crippen LogP contribution in [-0.4, -0.2) is 10.5 Å². The minimum Gasteiger partial charge on any atom is -0.421 e. The van der Waals surface area contributed by atoms with Gasteiger partial charge in [-0.2, -0.15) is 0 Å². The first-order valence-corrected chi connectivity index (χ1v) is 7.42. The van der Waals surface area contributed by atoms with Crippen molar-refractivity contribution in [2.45, 2.75) is 6.92 Å². The van der Waals surface area contributed by atoms with Gasteiger partial charge in [0.25, 0.3) is 5.56 Å². The number of carbonyl (C=O) groups excluding carboxylic acids is 1. The van der Waals surface area contributed by atoms with Crippen LogP contribution in [0, 0.1) is 6.92 Å². The molecule has 0 aliphatic heterocycles. The highest BCUT2D eigenvalue weighted by atomic mass is 35.5. The molecule has 3 rings (SSSR count). The summed E-state index contributed by atoms with van der Waals surface area (Å²) in [5.41, 5.74) is 1.09. The monoisotopic (exact) mass is 327 g/mol. The smallest absolute Gasteiger partial charge is 0.345 e. The molecule has 0 fully saturated rings. The Bertz CT molecular complexity index is 976. The van der Waals surface area contributed by atoms with Gasteiger partial charge in [-0.25, -0.2) is 4.79 Å². The fourth-order valence-electron chi connectivity index (χ4n) is 2.42. The lowest BCUT2D eigenvalue weighted by Gasteiger charge is -2.10. The lowest BCUT2D eigenvalue weighted by Crippen LogP contribution is -2.20. The molecule has 1 aromatic heterocycles. The Morgan fingerprint density at radius 1 is 1.13 bits per heavy atom. The summed E-state index contributed by atoms with van der Waals surface area (Å²) >= 11 is 6.07. The Morgan fingerprint density at radius 3 is 2.57 bits per heavy atom. The second-order valence-electron chi connectivity index (χ2n) is 5.33. The summed E-state index contributed by atoms with van der Waals surface area (Å²) in [6.45, 7) is 1.88. The molecule has 0 bridgehead atoms. The van der Waals surface area contributed by atoms with Crippen LogP contribution in [0.2, 0.25) is 5.02 Å². The van der Waals surface area contributed by atoms with E-state index in [9.17, 15) is 9.59 Å². The standard InChI is InChI=1S/C18H14ClNO3/c1-11-7-8-15(19)16(9-11)23-18(22)14-10-20(2)17(21)13-6-4-3-5-12(13)14/h3-10H,1-2H3. The third-order valence-electron chi connectivity index (χ3n) is 3.60. The summed E-state index contributed by atoms with van der Waals surface area (Å²) in [7, 11) is 1.60. The zero-order valence-electron chi connectivity index (χ0n) is 12.7. The average molecular weight is 328 g/mol. The number of rotatable bonds is 2. The number of carbonyl (C=O) groups is 1. The van der Waals surface area contributed by atoms with Crippen LogP contribution in [0.3, 0.4) is 0 Å².